The Hall–Kier alpha value is -0.510. The van der Waals surface area contributed by atoms with Gasteiger partial charge in [-0.05, 0) is 144 Å². The van der Waals surface area contributed by atoms with Gasteiger partial charge in [-0.15, -0.1) is 0 Å². The van der Waals surface area contributed by atoms with Crippen molar-refractivity contribution < 1.29 is 0 Å². The van der Waals surface area contributed by atoms with E-state index in [1.165, 1.54) is 103 Å². The summed E-state index contributed by atoms with van der Waals surface area (Å²) in [5.41, 5.74) is 2.89. The maximum Gasteiger partial charge on any atom is 0.0624 e. The van der Waals surface area contributed by atoms with Crippen LogP contribution in [-0.2, 0) is 0 Å². The molecule has 4 fully saturated rings. The van der Waals surface area contributed by atoms with Crippen molar-refractivity contribution in [1.29, 1.82) is 5.26 Å². The minimum atomic E-state index is 0.556. The van der Waals surface area contributed by atoms with Crippen LogP contribution in [0.25, 0.3) is 0 Å². The fourth-order valence-corrected chi connectivity index (χ4v) is 11.7. The molecule has 1 heteroatoms. The van der Waals surface area contributed by atoms with Gasteiger partial charge in [0.15, 0.2) is 0 Å². The van der Waals surface area contributed by atoms with E-state index in [0.29, 0.717) is 29.1 Å². The van der Waals surface area contributed by atoms with Gasteiger partial charge >= 0.3 is 0 Å². The third-order valence-electron chi connectivity index (χ3n) is 18.3. The molecular weight excluding hydrogens is 699 g/mol. The second-order valence-electron chi connectivity index (χ2n) is 23.4. The molecule has 5 atom stereocenters. The largest absolute Gasteiger partial charge is 0.198 e. The zero-order valence-corrected chi connectivity index (χ0v) is 44.9. The summed E-state index contributed by atoms with van der Waals surface area (Å²) >= 11 is 0. The van der Waals surface area contributed by atoms with Crippen LogP contribution in [0.3, 0.4) is 0 Å². The van der Waals surface area contributed by atoms with Gasteiger partial charge in [-0.3, -0.25) is 0 Å². The molecule has 58 heavy (non-hydrogen) atoms. The minimum Gasteiger partial charge on any atom is -0.198 e. The first-order valence-corrected chi connectivity index (χ1v) is 26.2. The van der Waals surface area contributed by atoms with Gasteiger partial charge in [-0.1, -0.05) is 211 Å². The van der Waals surface area contributed by atoms with Crippen LogP contribution in [-0.4, -0.2) is 0 Å². The van der Waals surface area contributed by atoms with Crippen molar-refractivity contribution in [1.82, 2.24) is 0 Å². The predicted molar refractivity (Wildman–Crippen MR) is 266 cm³/mol. The Bertz CT molecular complexity index is 1020. The molecule has 0 heterocycles. The Morgan fingerprint density at radius 1 is 0.466 bits per heavy atom. The zero-order chi connectivity index (χ0) is 45.7. The highest BCUT2D eigenvalue weighted by Gasteiger charge is 2.51. The smallest absolute Gasteiger partial charge is 0.0624 e. The van der Waals surface area contributed by atoms with Crippen LogP contribution in [0.1, 0.15) is 268 Å². The predicted octanol–water partition coefficient (Wildman–Crippen LogP) is 19.9. The van der Waals surface area contributed by atoms with Crippen molar-refractivity contribution in [3.63, 3.8) is 0 Å². The number of hydrogen-bond donors (Lipinski definition) is 0. The second-order valence-corrected chi connectivity index (χ2v) is 23.4. The molecule has 0 aromatic heterocycles. The molecule has 4 saturated carbocycles. The average Bonchev–Trinajstić information content (AvgIpc) is 3.68. The molecule has 348 valence electrons. The van der Waals surface area contributed by atoms with E-state index in [4.69, 9.17) is 5.26 Å². The first-order chi connectivity index (χ1) is 26.8. The van der Waals surface area contributed by atoms with Gasteiger partial charge in [0.05, 0.1) is 6.07 Å². The van der Waals surface area contributed by atoms with E-state index in [1.54, 1.807) is 0 Å². The van der Waals surface area contributed by atoms with Crippen molar-refractivity contribution >= 4 is 0 Å². The summed E-state index contributed by atoms with van der Waals surface area (Å²) in [6, 6.07) is 2.15. The van der Waals surface area contributed by atoms with Crippen LogP contribution in [0.15, 0.2) is 0 Å². The molecule has 0 radical (unpaired) electrons. The lowest BCUT2D eigenvalue weighted by Gasteiger charge is -2.49. The molecule has 0 spiro atoms. The Labute approximate surface area is 371 Å². The van der Waals surface area contributed by atoms with Crippen LogP contribution in [0.4, 0.5) is 0 Å². The van der Waals surface area contributed by atoms with E-state index in [-0.39, 0.29) is 0 Å². The lowest BCUT2D eigenvalue weighted by atomic mass is 9.56. The lowest BCUT2D eigenvalue weighted by Crippen LogP contribution is -2.39. The van der Waals surface area contributed by atoms with Crippen LogP contribution < -0.4 is 0 Å². The number of nitriles is 1. The molecule has 0 saturated heterocycles. The van der Waals surface area contributed by atoms with E-state index in [1.807, 2.05) is 0 Å². The minimum absolute atomic E-state index is 0.556. The van der Waals surface area contributed by atoms with Crippen molar-refractivity contribution in [2.75, 3.05) is 0 Å². The topological polar surface area (TPSA) is 23.8 Å². The molecule has 1 nitrogen and oxygen atoms in total. The standard InChI is InChI=1S/C12H24.C11H22.C10H20.C9H18.C8H18.C7H13N/c1-5-12(10(2)3)8-6-11(4)7-9-12;1-5-11(9(2)3)7-6-10(4)8-11;1-5-10(8(2)3)6-9(4)7-10;1-5-9(7(2)3)6-8(9)4;1-5-8(6-2)7(3)4;1-6(2)7(3)4-5-8/h10-11H,5-9H2,1-4H3;9-10H,5-8H2,1-4H3;8-9H,5-7H2,1-4H3;7-8H,5-6H2,1-4H3;7-8H,5-6H2,1-4H3;6-7H,4H2,1-3H3. The normalized spacial score (nSPS) is 31.7. The molecule has 0 bridgehead atoms. The summed E-state index contributed by atoms with van der Waals surface area (Å²) in [4.78, 5) is 0. The third-order valence-corrected chi connectivity index (χ3v) is 18.3. The van der Waals surface area contributed by atoms with Gasteiger partial charge in [0.2, 0.25) is 0 Å². The maximum absolute atomic E-state index is 8.24. The van der Waals surface area contributed by atoms with E-state index in [0.717, 1.165) is 70.0 Å². The van der Waals surface area contributed by atoms with Crippen molar-refractivity contribution in [2.24, 2.45) is 92.7 Å². The summed E-state index contributed by atoms with van der Waals surface area (Å²) in [5, 5.41) is 8.24. The molecule has 5 unspecified atom stereocenters. The summed E-state index contributed by atoms with van der Waals surface area (Å²) in [6.45, 7) is 53.5. The number of nitrogens with zero attached hydrogens (tertiary/aromatic N) is 1. The van der Waals surface area contributed by atoms with Gasteiger partial charge in [-0.2, -0.15) is 5.26 Å². The lowest BCUT2D eigenvalue weighted by molar-refractivity contribution is 0.0109. The summed E-state index contributed by atoms with van der Waals surface area (Å²) in [5.74, 6) is 10.6. The Morgan fingerprint density at radius 2 is 0.845 bits per heavy atom. The fourth-order valence-electron chi connectivity index (χ4n) is 11.7. The van der Waals surface area contributed by atoms with Gasteiger partial charge in [0, 0.05) is 6.42 Å². The first-order valence-electron chi connectivity index (χ1n) is 26.2. The van der Waals surface area contributed by atoms with Crippen LogP contribution in [0.5, 0.6) is 0 Å². The molecule has 0 aromatic rings. The molecule has 0 N–H and O–H groups in total. The zero-order valence-electron chi connectivity index (χ0n) is 44.9. The monoisotopic (exact) mass is 814 g/mol. The van der Waals surface area contributed by atoms with E-state index in [2.05, 4.69) is 165 Å². The molecule has 4 aliphatic carbocycles. The number of hydrogen-bond acceptors (Lipinski definition) is 1. The second kappa shape index (κ2) is 29.0. The van der Waals surface area contributed by atoms with Crippen molar-refractivity contribution in [2.45, 2.75) is 268 Å². The maximum atomic E-state index is 8.24. The summed E-state index contributed by atoms with van der Waals surface area (Å²) in [6.07, 6.45) is 23.6. The highest BCUT2D eigenvalue weighted by atomic mass is 14.6. The number of rotatable bonds is 13. The summed E-state index contributed by atoms with van der Waals surface area (Å²) in [7, 11) is 0. The molecule has 0 amide bonds. The Morgan fingerprint density at radius 3 is 0.983 bits per heavy atom. The van der Waals surface area contributed by atoms with Crippen molar-refractivity contribution in [3.8, 4) is 6.07 Å². The van der Waals surface area contributed by atoms with E-state index >= 15 is 0 Å². The summed E-state index contributed by atoms with van der Waals surface area (Å²) < 4.78 is 0. The van der Waals surface area contributed by atoms with Gasteiger partial charge in [-0.25, -0.2) is 0 Å². The highest BCUT2D eigenvalue weighted by molar-refractivity contribution is 5.00. The van der Waals surface area contributed by atoms with Crippen molar-refractivity contribution in [3.05, 3.63) is 0 Å². The molecule has 0 aliphatic heterocycles. The fraction of sp³-hybridized carbons (Fsp3) is 0.982. The third kappa shape index (κ3) is 19.3. The van der Waals surface area contributed by atoms with Gasteiger partial charge in [0.1, 0.15) is 0 Å². The van der Waals surface area contributed by atoms with E-state index < -0.39 is 0 Å². The first kappa shape index (κ1) is 59.6. The molecule has 4 rings (SSSR count). The SMILES string of the molecule is CC(C)C(C)CC#N.CCC(CC)C(C)C.CCC1(C(C)C)CC(C)C1.CCC1(C(C)C)CC1C.CCC1(C(C)C)CCC(C)C1.CCC1(C(C)C)CCC(C)CC1. The molecule has 4 aliphatic rings. The quantitative estimate of drug-likeness (QED) is 0.182. The Balaban J connectivity index is 0. The van der Waals surface area contributed by atoms with Gasteiger partial charge < -0.3 is 0 Å². The van der Waals surface area contributed by atoms with Gasteiger partial charge in [0.25, 0.3) is 0 Å². The van der Waals surface area contributed by atoms with Crippen LogP contribution >= 0.6 is 0 Å². The molecule has 0 aromatic carbocycles. The molecular formula is C57H115N. The average molecular weight is 815 g/mol. The van der Waals surface area contributed by atoms with Crippen LogP contribution in [0, 0.1) is 104 Å². The van der Waals surface area contributed by atoms with E-state index in [9.17, 15) is 0 Å². The highest BCUT2D eigenvalue weighted by Crippen LogP contribution is 2.59. The van der Waals surface area contributed by atoms with Crippen LogP contribution in [0.2, 0.25) is 0 Å². The Kier molecular flexibility index (Phi) is 29.8.